The molecule has 0 aromatic heterocycles. The molecule has 162 valence electrons. The van der Waals surface area contributed by atoms with Crippen LogP contribution >= 0.6 is 34.4 Å². The van der Waals surface area contributed by atoms with Gasteiger partial charge in [0, 0.05) is 5.56 Å². The standard InChI is InChI=1S/C21H17FINO6S/c1-28-16-8-12(9-17-20(26)24(21(27)31-17)10-18(25)29-2)7-15(23)19(16)30-11-13-5-3-4-6-14(13)22/h3-9H,10-11H2,1-2H3/b17-9-. The number of hydrogen-bond donors (Lipinski definition) is 0. The lowest BCUT2D eigenvalue weighted by molar-refractivity contribution is -0.143. The first kappa shape index (κ1) is 23.1. The van der Waals surface area contributed by atoms with Crippen molar-refractivity contribution in [2.24, 2.45) is 0 Å². The van der Waals surface area contributed by atoms with Crippen molar-refractivity contribution in [3.8, 4) is 11.5 Å². The van der Waals surface area contributed by atoms with Gasteiger partial charge in [-0.15, -0.1) is 0 Å². The molecule has 0 atom stereocenters. The van der Waals surface area contributed by atoms with Crippen LogP contribution in [0.1, 0.15) is 11.1 Å². The van der Waals surface area contributed by atoms with Crippen LogP contribution in [0, 0.1) is 9.39 Å². The van der Waals surface area contributed by atoms with Crippen molar-refractivity contribution < 1.29 is 33.0 Å². The van der Waals surface area contributed by atoms with E-state index in [1.807, 2.05) is 22.6 Å². The van der Waals surface area contributed by atoms with E-state index in [0.29, 0.717) is 26.2 Å². The molecule has 1 fully saturated rings. The largest absolute Gasteiger partial charge is 0.493 e. The van der Waals surface area contributed by atoms with Crippen LogP contribution in [0.3, 0.4) is 0 Å². The van der Waals surface area contributed by atoms with E-state index in [0.717, 1.165) is 16.7 Å². The van der Waals surface area contributed by atoms with Crippen molar-refractivity contribution in [1.82, 2.24) is 4.90 Å². The van der Waals surface area contributed by atoms with Crippen LogP contribution in [0.15, 0.2) is 41.3 Å². The van der Waals surface area contributed by atoms with Crippen molar-refractivity contribution >= 4 is 57.5 Å². The van der Waals surface area contributed by atoms with E-state index in [9.17, 15) is 18.8 Å². The lowest BCUT2D eigenvalue weighted by Gasteiger charge is -2.14. The first-order valence-electron chi connectivity index (χ1n) is 8.90. The third kappa shape index (κ3) is 5.37. The summed E-state index contributed by atoms with van der Waals surface area (Å²) in [7, 11) is 2.65. The molecule has 0 bridgehead atoms. The van der Waals surface area contributed by atoms with Gasteiger partial charge < -0.3 is 14.2 Å². The number of nitrogens with zero attached hydrogens (tertiary/aromatic N) is 1. The minimum Gasteiger partial charge on any atom is -0.493 e. The lowest BCUT2D eigenvalue weighted by Crippen LogP contribution is -2.34. The fourth-order valence-electron chi connectivity index (χ4n) is 2.71. The van der Waals surface area contributed by atoms with Gasteiger partial charge in [-0.25, -0.2) is 4.39 Å². The molecule has 2 aromatic carbocycles. The van der Waals surface area contributed by atoms with Gasteiger partial charge in [-0.05, 0) is 64.2 Å². The summed E-state index contributed by atoms with van der Waals surface area (Å²) < 4.78 is 30.2. The van der Waals surface area contributed by atoms with Gasteiger partial charge >= 0.3 is 5.97 Å². The zero-order valence-electron chi connectivity index (χ0n) is 16.5. The maximum atomic E-state index is 13.9. The van der Waals surface area contributed by atoms with E-state index >= 15 is 0 Å². The summed E-state index contributed by atoms with van der Waals surface area (Å²) in [6.07, 6.45) is 1.54. The average Bonchev–Trinajstić information content (AvgIpc) is 3.00. The second-order valence-corrected chi connectivity index (χ2v) is 8.41. The van der Waals surface area contributed by atoms with Gasteiger partial charge in [0.05, 0.1) is 22.7 Å². The Kier molecular flexibility index (Phi) is 7.55. The molecule has 7 nitrogen and oxygen atoms in total. The van der Waals surface area contributed by atoms with Crippen molar-refractivity contribution in [3.05, 3.63) is 61.8 Å². The van der Waals surface area contributed by atoms with E-state index in [2.05, 4.69) is 4.74 Å². The first-order chi connectivity index (χ1) is 14.8. The van der Waals surface area contributed by atoms with E-state index < -0.39 is 23.7 Å². The zero-order chi connectivity index (χ0) is 22.5. The number of methoxy groups -OCH3 is 2. The molecule has 1 aliphatic heterocycles. The van der Waals surface area contributed by atoms with Crippen LogP contribution < -0.4 is 9.47 Å². The number of benzene rings is 2. The lowest BCUT2D eigenvalue weighted by atomic mass is 10.1. The van der Waals surface area contributed by atoms with E-state index in [-0.39, 0.29) is 17.3 Å². The smallest absolute Gasteiger partial charge is 0.325 e. The molecular weight excluding hydrogens is 540 g/mol. The van der Waals surface area contributed by atoms with E-state index in [1.165, 1.54) is 26.4 Å². The number of halogens is 2. The number of carbonyl (C=O) groups is 3. The Morgan fingerprint density at radius 2 is 1.97 bits per heavy atom. The zero-order valence-corrected chi connectivity index (χ0v) is 19.5. The van der Waals surface area contributed by atoms with Crippen LogP contribution in [0.2, 0.25) is 0 Å². The summed E-state index contributed by atoms with van der Waals surface area (Å²) in [4.78, 5) is 37.0. The predicted octanol–water partition coefficient (Wildman–Crippen LogP) is 4.23. The molecule has 10 heteroatoms. The maximum absolute atomic E-state index is 13.9. The Morgan fingerprint density at radius 1 is 1.23 bits per heavy atom. The van der Waals surface area contributed by atoms with Crippen molar-refractivity contribution in [1.29, 1.82) is 0 Å². The Morgan fingerprint density at radius 3 is 2.65 bits per heavy atom. The summed E-state index contributed by atoms with van der Waals surface area (Å²) in [6, 6.07) is 9.71. The van der Waals surface area contributed by atoms with Crippen LogP contribution in [0.5, 0.6) is 11.5 Å². The highest BCUT2D eigenvalue weighted by atomic mass is 127. The van der Waals surface area contributed by atoms with Crippen molar-refractivity contribution in [3.63, 3.8) is 0 Å². The Bertz CT molecular complexity index is 1070. The minimum absolute atomic E-state index is 0.0186. The number of amides is 2. The van der Waals surface area contributed by atoms with E-state index in [4.69, 9.17) is 9.47 Å². The maximum Gasteiger partial charge on any atom is 0.325 e. The fraction of sp³-hybridized carbons (Fsp3) is 0.190. The highest BCUT2D eigenvalue weighted by Gasteiger charge is 2.36. The average molecular weight is 557 g/mol. The minimum atomic E-state index is -0.684. The second kappa shape index (κ2) is 10.1. The molecule has 2 aromatic rings. The molecule has 0 aliphatic carbocycles. The van der Waals surface area contributed by atoms with Crippen LogP contribution in [-0.2, 0) is 20.9 Å². The fourth-order valence-corrected chi connectivity index (χ4v) is 4.33. The molecule has 0 spiro atoms. The van der Waals surface area contributed by atoms with Gasteiger partial charge in [0.25, 0.3) is 11.1 Å². The number of carbonyl (C=O) groups excluding carboxylic acids is 3. The van der Waals surface area contributed by atoms with E-state index in [1.54, 1.807) is 30.3 Å². The van der Waals surface area contributed by atoms with Crippen molar-refractivity contribution in [2.75, 3.05) is 20.8 Å². The van der Waals surface area contributed by atoms with Crippen LogP contribution in [-0.4, -0.2) is 42.8 Å². The number of rotatable bonds is 7. The molecule has 0 N–H and O–H groups in total. The highest BCUT2D eigenvalue weighted by molar-refractivity contribution is 14.1. The molecule has 3 rings (SSSR count). The first-order valence-corrected chi connectivity index (χ1v) is 10.8. The number of esters is 1. The normalized spacial score (nSPS) is 14.8. The molecule has 0 unspecified atom stereocenters. The molecule has 0 radical (unpaired) electrons. The number of ether oxygens (including phenoxy) is 3. The molecular formula is C21H17FINO6S. The molecule has 1 aliphatic rings. The third-order valence-electron chi connectivity index (χ3n) is 4.27. The van der Waals surface area contributed by atoms with Gasteiger partial charge in [-0.1, -0.05) is 18.2 Å². The van der Waals surface area contributed by atoms with Gasteiger partial charge in [0.15, 0.2) is 11.5 Å². The summed E-state index contributed by atoms with van der Waals surface area (Å²) in [5.41, 5.74) is 1.01. The van der Waals surface area contributed by atoms with Crippen LogP contribution in [0.4, 0.5) is 9.18 Å². The quantitative estimate of drug-likeness (QED) is 0.287. The number of imide groups is 1. The van der Waals surface area contributed by atoms with Gasteiger partial charge in [0.2, 0.25) is 0 Å². The number of hydrogen-bond acceptors (Lipinski definition) is 7. The summed E-state index contributed by atoms with van der Waals surface area (Å²) >= 11 is 2.79. The third-order valence-corrected chi connectivity index (χ3v) is 5.98. The van der Waals surface area contributed by atoms with Gasteiger partial charge in [-0.2, -0.15) is 0 Å². The van der Waals surface area contributed by atoms with Gasteiger partial charge in [0.1, 0.15) is 19.0 Å². The number of thioether (sulfide) groups is 1. The SMILES string of the molecule is COC(=O)CN1C(=O)S/C(=C\c2cc(I)c(OCc3ccccc3F)c(OC)c2)C1=O. The molecule has 2 amide bonds. The predicted molar refractivity (Wildman–Crippen MR) is 121 cm³/mol. The van der Waals surface area contributed by atoms with Gasteiger partial charge in [-0.3, -0.25) is 19.3 Å². The monoisotopic (exact) mass is 557 g/mol. The highest BCUT2D eigenvalue weighted by Crippen LogP contribution is 2.37. The van der Waals surface area contributed by atoms with Crippen molar-refractivity contribution in [2.45, 2.75) is 6.61 Å². The topological polar surface area (TPSA) is 82.1 Å². The summed E-state index contributed by atoms with van der Waals surface area (Å²) in [5, 5.41) is -0.548. The molecule has 31 heavy (non-hydrogen) atoms. The molecule has 1 saturated heterocycles. The Balaban J connectivity index is 1.83. The molecule has 0 saturated carbocycles. The summed E-state index contributed by atoms with van der Waals surface area (Å²) in [6.45, 7) is -0.424. The second-order valence-electron chi connectivity index (χ2n) is 6.26. The Labute approximate surface area is 195 Å². The molecule has 1 heterocycles. The Hall–Kier alpha value is -2.60. The van der Waals surface area contributed by atoms with Crippen LogP contribution in [0.25, 0.3) is 6.08 Å². The summed E-state index contributed by atoms with van der Waals surface area (Å²) in [5.74, 6) is -0.799.